The van der Waals surface area contributed by atoms with Gasteiger partial charge in [0.25, 0.3) is 5.91 Å². The molecule has 1 saturated heterocycles. The molecule has 1 N–H and O–H groups in total. The van der Waals surface area contributed by atoms with Gasteiger partial charge in [-0.15, -0.1) is 0 Å². The molecule has 1 aliphatic heterocycles. The average molecular weight is 375 g/mol. The normalized spacial score (nSPS) is 14.8. The first-order chi connectivity index (χ1) is 13.7. The molecule has 0 unspecified atom stereocenters. The highest BCUT2D eigenvalue weighted by atomic mass is 16.1. The topological polar surface area (TPSA) is 53.4 Å². The lowest BCUT2D eigenvalue weighted by molar-refractivity contribution is 0.102. The molecule has 0 bridgehead atoms. The molecule has 6 heteroatoms. The Morgan fingerprint density at radius 2 is 1.64 bits per heavy atom. The summed E-state index contributed by atoms with van der Waals surface area (Å²) in [6.07, 6.45) is 1.79. The fourth-order valence-electron chi connectivity index (χ4n) is 3.44. The van der Waals surface area contributed by atoms with Crippen LogP contribution in [-0.4, -0.2) is 53.3 Å². The van der Waals surface area contributed by atoms with Crippen LogP contribution in [0.15, 0.2) is 66.9 Å². The third-order valence-corrected chi connectivity index (χ3v) is 5.15. The van der Waals surface area contributed by atoms with Crippen LogP contribution in [0, 0.1) is 0 Å². The standard InChI is InChI=1S/C22H25N5O/c1-2-25-14-16-26(17-15-25)19-10-8-18(9-11-19)23-22(28)21-12-13-27(24-21)20-6-4-3-5-7-20/h3-13H,2,14-17H2,1H3,(H,23,28). The Labute approximate surface area is 165 Å². The highest BCUT2D eigenvalue weighted by Gasteiger charge is 2.16. The van der Waals surface area contributed by atoms with Gasteiger partial charge in [0, 0.05) is 43.8 Å². The van der Waals surface area contributed by atoms with Gasteiger partial charge in [0.05, 0.1) is 5.69 Å². The maximum Gasteiger partial charge on any atom is 0.276 e. The van der Waals surface area contributed by atoms with Crippen molar-refractivity contribution in [2.45, 2.75) is 6.92 Å². The lowest BCUT2D eigenvalue weighted by Gasteiger charge is -2.35. The van der Waals surface area contributed by atoms with Crippen LogP contribution < -0.4 is 10.2 Å². The molecule has 1 amide bonds. The Balaban J connectivity index is 1.38. The summed E-state index contributed by atoms with van der Waals surface area (Å²) in [4.78, 5) is 17.4. The minimum atomic E-state index is -0.209. The second-order valence-corrected chi connectivity index (χ2v) is 6.90. The van der Waals surface area contributed by atoms with E-state index in [0.717, 1.165) is 44.1 Å². The van der Waals surface area contributed by atoms with Crippen LogP contribution in [-0.2, 0) is 0 Å². The van der Waals surface area contributed by atoms with Crippen LogP contribution >= 0.6 is 0 Å². The number of para-hydroxylation sites is 1. The number of rotatable bonds is 5. The summed E-state index contributed by atoms with van der Waals surface area (Å²) in [5.74, 6) is -0.209. The zero-order valence-electron chi connectivity index (χ0n) is 16.1. The third-order valence-electron chi connectivity index (χ3n) is 5.15. The number of piperazine rings is 1. The van der Waals surface area contributed by atoms with Crippen LogP contribution in [0.4, 0.5) is 11.4 Å². The van der Waals surface area contributed by atoms with Crippen LogP contribution in [0.3, 0.4) is 0 Å². The van der Waals surface area contributed by atoms with Gasteiger partial charge in [-0.2, -0.15) is 5.10 Å². The van der Waals surface area contributed by atoms with Gasteiger partial charge in [-0.25, -0.2) is 4.68 Å². The monoisotopic (exact) mass is 375 g/mol. The number of likely N-dealkylation sites (N-methyl/N-ethyl adjacent to an activating group) is 1. The number of carbonyl (C=O) groups is 1. The quantitative estimate of drug-likeness (QED) is 0.744. The van der Waals surface area contributed by atoms with E-state index in [9.17, 15) is 4.79 Å². The molecule has 1 fully saturated rings. The molecule has 28 heavy (non-hydrogen) atoms. The van der Waals surface area contributed by atoms with Crippen molar-refractivity contribution in [1.82, 2.24) is 14.7 Å². The van der Waals surface area contributed by atoms with Gasteiger partial charge >= 0.3 is 0 Å². The second-order valence-electron chi connectivity index (χ2n) is 6.90. The van der Waals surface area contributed by atoms with E-state index in [2.05, 4.69) is 39.3 Å². The molecule has 1 aromatic heterocycles. The molecule has 144 valence electrons. The SMILES string of the molecule is CCN1CCN(c2ccc(NC(=O)c3ccn(-c4ccccc4)n3)cc2)CC1. The van der Waals surface area contributed by atoms with E-state index in [1.165, 1.54) is 5.69 Å². The first kappa shape index (κ1) is 18.3. The van der Waals surface area contributed by atoms with Crippen molar-refractivity contribution >= 4 is 17.3 Å². The van der Waals surface area contributed by atoms with Crippen LogP contribution in [0.25, 0.3) is 5.69 Å². The van der Waals surface area contributed by atoms with Gasteiger partial charge < -0.3 is 15.1 Å². The van der Waals surface area contributed by atoms with Crippen molar-refractivity contribution in [1.29, 1.82) is 0 Å². The highest BCUT2D eigenvalue weighted by Crippen LogP contribution is 2.20. The molecule has 4 rings (SSSR count). The first-order valence-electron chi connectivity index (χ1n) is 9.73. The van der Waals surface area contributed by atoms with E-state index in [4.69, 9.17) is 0 Å². The van der Waals surface area contributed by atoms with E-state index < -0.39 is 0 Å². The number of carbonyl (C=O) groups excluding carboxylic acids is 1. The lowest BCUT2D eigenvalue weighted by atomic mass is 10.2. The largest absolute Gasteiger partial charge is 0.369 e. The van der Waals surface area contributed by atoms with Crippen LogP contribution in [0.5, 0.6) is 0 Å². The van der Waals surface area contributed by atoms with Gasteiger partial charge in [-0.05, 0) is 49.0 Å². The van der Waals surface area contributed by atoms with Gasteiger partial charge in [0.15, 0.2) is 5.69 Å². The van der Waals surface area contributed by atoms with E-state index in [0.29, 0.717) is 5.69 Å². The molecule has 0 aliphatic carbocycles. The molecular formula is C22H25N5O. The molecule has 0 radical (unpaired) electrons. The van der Waals surface area contributed by atoms with Gasteiger partial charge in [0.1, 0.15) is 0 Å². The number of nitrogens with one attached hydrogen (secondary N) is 1. The first-order valence-corrected chi connectivity index (χ1v) is 9.73. The summed E-state index contributed by atoms with van der Waals surface area (Å²) in [5.41, 5.74) is 3.29. The smallest absolute Gasteiger partial charge is 0.276 e. The molecule has 0 atom stereocenters. The Morgan fingerprint density at radius 1 is 0.929 bits per heavy atom. The predicted octanol–water partition coefficient (Wildman–Crippen LogP) is 3.27. The molecule has 0 saturated carbocycles. The summed E-state index contributed by atoms with van der Waals surface area (Å²) in [7, 11) is 0. The van der Waals surface area contributed by atoms with Crippen molar-refractivity contribution in [2.24, 2.45) is 0 Å². The maximum atomic E-state index is 12.5. The second kappa shape index (κ2) is 8.27. The Hall–Kier alpha value is -3.12. The number of amides is 1. The molecule has 2 heterocycles. The zero-order chi connectivity index (χ0) is 19.3. The number of aromatic nitrogens is 2. The lowest BCUT2D eigenvalue weighted by Crippen LogP contribution is -2.46. The average Bonchev–Trinajstić information content (AvgIpc) is 3.26. The number of hydrogen-bond donors (Lipinski definition) is 1. The minimum Gasteiger partial charge on any atom is -0.369 e. The third kappa shape index (κ3) is 4.07. The summed E-state index contributed by atoms with van der Waals surface area (Å²) < 4.78 is 1.70. The van der Waals surface area contributed by atoms with E-state index in [1.807, 2.05) is 42.5 Å². The highest BCUT2D eigenvalue weighted by molar-refractivity contribution is 6.02. The Bertz CT molecular complexity index is 912. The molecular weight excluding hydrogens is 350 g/mol. The van der Waals surface area contributed by atoms with Crippen LogP contribution in [0.1, 0.15) is 17.4 Å². The summed E-state index contributed by atoms with van der Waals surface area (Å²) in [5, 5.41) is 7.30. The Morgan fingerprint density at radius 3 is 2.32 bits per heavy atom. The molecule has 1 aliphatic rings. The number of benzene rings is 2. The van der Waals surface area contributed by atoms with Gasteiger partial charge in [-0.3, -0.25) is 4.79 Å². The molecule has 6 nitrogen and oxygen atoms in total. The van der Waals surface area contributed by atoms with Crippen LogP contribution in [0.2, 0.25) is 0 Å². The van der Waals surface area contributed by atoms with Crippen molar-refractivity contribution in [3.8, 4) is 5.69 Å². The number of hydrogen-bond acceptors (Lipinski definition) is 4. The Kier molecular flexibility index (Phi) is 5.39. The number of anilines is 2. The van der Waals surface area contributed by atoms with Crippen molar-refractivity contribution in [2.75, 3.05) is 42.9 Å². The van der Waals surface area contributed by atoms with Gasteiger partial charge in [0.2, 0.25) is 0 Å². The molecule has 3 aromatic rings. The fraction of sp³-hybridized carbons (Fsp3) is 0.273. The molecule has 2 aromatic carbocycles. The summed E-state index contributed by atoms with van der Waals surface area (Å²) >= 11 is 0. The van der Waals surface area contributed by atoms with Gasteiger partial charge in [-0.1, -0.05) is 25.1 Å². The maximum absolute atomic E-state index is 12.5. The van der Waals surface area contributed by atoms with Crippen molar-refractivity contribution < 1.29 is 4.79 Å². The molecule has 0 spiro atoms. The van der Waals surface area contributed by atoms with Crippen molar-refractivity contribution in [3.05, 3.63) is 72.6 Å². The number of nitrogens with zero attached hydrogens (tertiary/aromatic N) is 4. The predicted molar refractivity (Wildman–Crippen MR) is 112 cm³/mol. The van der Waals surface area contributed by atoms with E-state index >= 15 is 0 Å². The van der Waals surface area contributed by atoms with E-state index in [1.54, 1.807) is 16.9 Å². The fourth-order valence-corrected chi connectivity index (χ4v) is 3.44. The zero-order valence-corrected chi connectivity index (χ0v) is 16.1. The summed E-state index contributed by atoms with van der Waals surface area (Å²) in [6, 6.07) is 19.5. The van der Waals surface area contributed by atoms with E-state index in [-0.39, 0.29) is 5.91 Å². The summed E-state index contributed by atoms with van der Waals surface area (Å²) in [6.45, 7) is 7.58. The minimum absolute atomic E-state index is 0.209. The van der Waals surface area contributed by atoms with Crippen molar-refractivity contribution in [3.63, 3.8) is 0 Å².